The molecule has 1 aromatic carbocycles. The fourth-order valence-corrected chi connectivity index (χ4v) is 1.88. The monoisotopic (exact) mass is 282 g/mol. The molecule has 0 radical (unpaired) electrons. The summed E-state index contributed by atoms with van der Waals surface area (Å²) in [6.07, 6.45) is 0.453. The maximum Gasteiger partial charge on any atom is 0.308 e. The van der Waals surface area contributed by atoms with Crippen LogP contribution in [0.2, 0.25) is 0 Å². The van der Waals surface area contributed by atoms with Crippen molar-refractivity contribution >= 4 is 17.6 Å². The summed E-state index contributed by atoms with van der Waals surface area (Å²) in [5.74, 6) is -2.58. The molecule has 1 atom stereocenters. The fraction of sp³-hybridized carbons (Fsp3) is 0.429. The number of carbonyl (C=O) groups excluding carboxylic acids is 1. The van der Waals surface area contributed by atoms with E-state index in [1.54, 1.807) is 0 Å². The van der Waals surface area contributed by atoms with E-state index in [9.17, 15) is 14.0 Å². The smallest absolute Gasteiger partial charge is 0.308 e. The van der Waals surface area contributed by atoms with Gasteiger partial charge in [0.05, 0.1) is 11.5 Å². The molecule has 0 bridgehead atoms. The average Bonchev–Trinajstić information content (AvgIpc) is 2.36. The third kappa shape index (κ3) is 4.53. The van der Waals surface area contributed by atoms with Crippen molar-refractivity contribution in [3.8, 4) is 0 Å². The molecule has 1 unspecified atom stereocenters. The molecule has 0 spiro atoms. The molecule has 4 N–H and O–H groups in total. The Morgan fingerprint density at radius 2 is 2.05 bits per heavy atom. The first-order chi connectivity index (χ1) is 9.31. The minimum atomic E-state index is -0.966. The Morgan fingerprint density at radius 1 is 1.40 bits per heavy atom. The number of benzene rings is 1. The van der Waals surface area contributed by atoms with Gasteiger partial charge in [0.2, 0.25) is 0 Å². The minimum absolute atomic E-state index is 0.0116. The lowest BCUT2D eigenvalue weighted by Crippen LogP contribution is -2.34. The molecule has 0 fully saturated rings. The van der Waals surface area contributed by atoms with Crippen LogP contribution in [0, 0.1) is 17.7 Å². The fourth-order valence-electron chi connectivity index (χ4n) is 1.88. The van der Waals surface area contributed by atoms with Gasteiger partial charge in [0.15, 0.2) is 0 Å². The van der Waals surface area contributed by atoms with Crippen LogP contribution < -0.4 is 11.1 Å². The lowest BCUT2D eigenvalue weighted by Gasteiger charge is -2.15. The number of hydrogen-bond donors (Lipinski definition) is 3. The Kier molecular flexibility index (Phi) is 5.49. The third-order valence-electron chi connectivity index (χ3n) is 2.87. The van der Waals surface area contributed by atoms with E-state index in [0.717, 1.165) is 12.1 Å². The van der Waals surface area contributed by atoms with Crippen LogP contribution in [-0.4, -0.2) is 23.5 Å². The molecule has 0 aliphatic heterocycles. The molecule has 110 valence electrons. The Bertz CT molecular complexity index is 503. The molecule has 0 aromatic heterocycles. The van der Waals surface area contributed by atoms with E-state index in [4.69, 9.17) is 10.8 Å². The van der Waals surface area contributed by atoms with Crippen molar-refractivity contribution < 1.29 is 19.1 Å². The molecular formula is C14H19FN2O3. The highest BCUT2D eigenvalue weighted by Gasteiger charge is 2.20. The van der Waals surface area contributed by atoms with Crippen LogP contribution in [0.15, 0.2) is 18.2 Å². The number of aliphatic carboxylic acids is 1. The molecule has 1 amide bonds. The largest absolute Gasteiger partial charge is 0.481 e. The van der Waals surface area contributed by atoms with E-state index in [0.29, 0.717) is 6.42 Å². The second kappa shape index (κ2) is 6.88. The quantitative estimate of drug-likeness (QED) is 0.695. The Balaban J connectivity index is 2.70. The highest BCUT2D eigenvalue weighted by Crippen LogP contribution is 2.14. The second-order valence-electron chi connectivity index (χ2n) is 5.11. The summed E-state index contributed by atoms with van der Waals surface area (Å²) in [6.45, 7) is 3.80. The summed E-state index contributed by atoms with van der Waals surface area (Å²) in [5.41, 5.74) is 5.76. The zero-order chi connectivity index (χ0) is 15.3. The SMILES string of the molecule is CC(C)CC(CNC(=O)c1cc(F)ccc1N)C(=O)O. The van der Waals surface area contributed by atoms with Gasteiger partial charge < -0.3 is 16.2 Å². The molecule has 0 aliphatic rings. The lowest BCUT2D eigenvalue weighted by atomic mass is 9.97. The maximum atomic E-state index is 13.1. The number of nitrogen functional groups attached to an aromatic ring is 1. The molecule has 0 saturated carbocycles. The molecule has 1 rings (SSSR count). The van der Waals surface area contributed by atoms with E-state index in [1.807, 2.05) is 13.8 Å². The highest BCUT2D eigenvalue weighted by atomic mass is 19.1. The Hall–Kier alpha value is -2.11. The number of amides is 1. The average molecular weight is 282 g/mol. The van der Waals surface area contributed by atoms with Crippen LogP contribution in [0.25, 0.3) is 0 Å². The zero-order valence-corrected chi connectivity index (χ0v) is 11.5. The van der Waals surface area contributed by atoms with Gasteiger partial charge >= 0.3 is 5.97 Å². The van der Waals surface area contributed by atoms with Crippen molar-refractivity contribution in [1.82, 2.24) is 5.32 Å². The summed E-state index contributed by atoms with van der Waals surface area (Å²) < 4.78 is 13.1. The van der Waals surface area contributed by atoms with Gasteiger partial charge in [-0.05, 0) is 30.5 Å². The molecule has 0 heterocycles. The third-order valence-corrected chi connectivity index (χ3v) is 2.87. The van der Waals surface area contributed by atoms with Gasteiger partial charge in [-0.3, -0.25) is 9.59 Å². The molecule has 1 aromatic rings. The van der Waals surface area contributed by atoms with Crippen molar-refractivity contribution in [1.29, 1.82) is 0 Å². The molecule has 0 saturated heterocycles. The Labute approximate surface area is 117 Å². The molecular weight excluding hydrogens is 263 g/mol. The van der Waals surface area contributed by atoms with E-state index in [1.165, 1.54) is 6.07 Å². The van der Waals surface area contributed by atoms with Crippen LogP contribution in [0.1, 0.15) is 30.6 Å². The van der Waals surface area contributed by atoms with Gasteiger partial charge in [0.25, 0.3) is 5.91 Å². The van der Waals surface area contributed by atoms with Gasteiger partial charge in [-0.15, -0.1) is 0 Å². The maximum absolute atomic E-state index is 13.1. The van der Waals surface area contributed by atoms with Crippen LogP contribution in [0.5, 0.6) is 0 Å². The predicted molar refractivity (Wildman–Crippen MR) is 73.7 cm³/mol. The molecule has 5 nitrogen and oxygen atoms in total. The summed E-state index contributed by atoms with van der Waals surface area (Å²) in [4.78, 5) is 22.9. The highest BCUT2D eigenvalue weighted by molar-refractivity contribution is 5.99. The number of rotatable bonds is 6. The van der Waals surface area contributed by atoms with Crippen LogP contribution in [-0.2, 0) is 4.79 Å². The summed E-state index contributed by atoms with van der Waals surface area (Å²) in [7, 11) is 0. The molecule has 6 heteroatoms. The van der Waals surface area contributed by atoms with Crippen molar-refractivity contribution in [2.45, 2.75) is 20.3 Å². The lowest BCUT2D eigenvalue weighted by molar-refractivity contribution is -0.142. The predicted octanol–water partition coefficient (Wildman–Crippen LogP) is 1.88. The number of anilines is 1. The summed E-state index contributed by atoms with van der Waals surface area (Å²) >= 11 is 0. The van der Waals surface area contributed by atoms with E-state index < -0.39 is 23.6 Å². The number of nitrogens with two attached hydrogens (primary N) is 1. The van der Waals surface area contributed by atoms with Gasteiger partial charge in [0.1, 0.15) is 5.82 Å². The number of hydrogen-bond acceptors (Lipinski definition) is 3. The summed E-state index contributed by atoms with van der Waals surface area (Å²) in [6, 6.07) is 3.49. The first-order valence-electron chi connectivity index (χ1n) is 6.37. The van der Waals surface area contributed by atoms with Crippen LogP contribution in [0.3, 0.4) is 0 Å². The number of nitrogens with one attached hydrogen (secondary N) is 1. The number of carboxylic acids is 1. The van der Waals surface area contributed by atoms with Gasteiger partial charge in [-0.2, -0.15) is 0 Å². The van der Waals surface area contributed by atoms with E-state index in [2.05, 4.69) is 5.32 Å². The van der Waals surface area contributed by atoms with Gasteiger partial charge in [0, 0.05) is 12.2 Å². The summed E-state index contributed by atoms with van der Waals surface area (Å²) in [5, 5.41) is 11.6. The standard InChI is InChI=1S/C14H19FN2O3/c1-8(2)5-9(14(19)20)7-17-13(18)11-6-10(15)3-4-12(11)16/h3-4,6,8-9H,5,7,16H2,1-2H3,(H,17,18)(H,19,20). The van der Waals surface area contributed by atoms with Crippen molar-refractivity contribution in [3.63, 3.8) is 0 Å². The topological polar surface area (TPSA) is 92.4 Å². The van der Waals surface area contributed by atoms with Crippen LogP contribution in [0.4, 0.5) is 10.1 Å². The molecule has 0 aliphatic carbocycles. The second-order valence-corrected chi connectivity index (χ2v) is 5.11. The van der Waals surface area contributed by atoms with E-state index in [-0.39, 0.29) is 23.7 Å². The van der Waals surface area contributed by atoms with Crippen LogP contribution >= 0.6 is 0 Å². The zero-order valence-electron chi connectivity index (χ0n) is 11.5. The first kappa shape index (κ1) is 15.9. The van der Waals surface area contributed by atoms with Crippen molar-refractivity contribution in [2.24, 2.45) is 11.8 Å². The van der Waals surface area contributed by atoms with Crippen molar-refractivity contribution in [3.05, 3.63) is 29.6 Å². The molecule has 20 heavy (non-hydrogen) atoms. The first-order valence-corrected chi connectivity index (χ1v) is 6.37. The number of carbonyl (C=O) groups is 2. The Morgan fingerprint density at radius 3 is 2.60 bits per heavy atom. The van der Waals surface area contributed by atoms with Crippen molar-refractivity contribution in [2.75, 3.05) is 12.3 Å². The van der Waals surface area contributed by atoms with Gasteiger partial charge in [-0.25, -0.2) is 4.39 Å². The number of halogens is 1. The van der Waals surface area contributed by atoms with Gasteiger partial charge in [-0.1, -0.05) is 13.8 Å². The number of carboxylic acid groups (broad SMARTS) is 1. The van der Waals surface area contributed by atoms with E-state index >= 15 is 0 Å². The minimum Gasteiger partial charge on any atom is -0.481 e. The normalized spacial score (nSPS) is 12.2.